The van der Waals surface area contributed by atoms with Crippen LogP contribution < -0.4 is 0 Å². The highest BCUT2D eigenvalue weighted by atomic mass is 35.5. The highest BCUT2D eigenvalue weighted by molar-refractivity contribution is 6.36. The van der Waals surface area contributed by atoms with Crippen LogP contribution in [0.1, 0.15) is 5.56 Å². The number of aliphatic hydroxyl groups is 3. The maximum absolute atomic E-state index is 9.29. The molecule has 0 aliphatic rings. The molecule has 0 bridgehead atoms. The van der Waals surface area contributed by atoms with Gasteiger partial charge in [0.2, 0.25) is 5.79 Å². The van der Waals surface area contributed by atoms with Crippen LogP contribution in [0, 0.1) is 0 Å². The second-order valence-electron chi connectivity index (χ2n) is 2.57. The predicted molar refractivity (Wildman–Crippen MR) is 49.7 cm³/mol. The normalized spacial score (nSPS) is 11.8. The summed E-state index contributed by atoms with van der Waals surface area (Å²) in [6.45, 7) is -0.865. The molecule has 0 atom stereocenters. The fourth-order valence-electron chi connectivity index (χ4n) is 0.959. The standard InChI is InChI=1S/C8H8Cl2O3/c9-5-2-1-3-6(10)7(5)8(12,13)4-11/h1-3,11-13H,4H2. The first kappa shape index (κ1) is 10.8. The van der Waals surface area contributed by atoms with Crippen molar-refractivity contribution in [1.82, 2.24) is 0 Å². The first-order valence-corrected chi connectivity index (χ1v) is 4.24. The third-order valence-corrected chi connectivity index (χ3v) is 2.21. The molecule has 1 aromatic carbocycles. The fraction of sp³-hybridized carbons (Fsp3) is 0.250. The molecule has 0 spiro atoms. The minimum absolute atomic E-state index is 0.0826. The zero-order chi connectivity index (χ0) is 10.1. The highest BCUT2D eigenvalue weighted by Crippen LogP contribution is 2.32. The number of aliphatic hydroxyl groups excluding tert-OH is 1. The summed E-state index contributed by atoms with van der Waals surface area (Å²) in [6, 6.07) is 4.49. The Hall–Kier alpha value is -0.320. The molecule has 0 saturated carbocycles. The molecule has 72 valence electrons. The lowest BCUT2D eigenvalue weighted by atomic mass is 10.1. The molecule has 0 radical (unpaired) electrons. The van der Waals surface area contributed by atoms with E-state index in [4.69, 9.17) is 28.3 Å². The van der Waals surface area contributed by atoms with Crippen LogP contribution >= 0.6 is 23.2 Å². The Kier molecular flexibility index (Phi) is 3.16. The molecular formula is C8H8Cl2O3. The van der Waals surface area contributed by atoms with Gasteiger partial charge in [-0.3, -0.25) is 0 Å². The largest absolute Gasteiger partial charge is 0.390 e. The van der Waals surface area contributed by atoms with Gasteiger partial charge in [0.1, 0.15) is 6.61 Å². The lowest BCUT2D eigenvalue weighted by molar-refractivity contribution is -0.195. The third kappa shape index (κ3) is 2.13. The van der Waals surface area contributed by atoms with E-state index in [0.717, 1.165) is 0 Å². The molecule has 1 rings (SSSR count). The summed E-state index contributed by atoms with van der Waals surface area (Å²) in [5.74, 6) is -2.39. The van der Waals surface area contributed by atoms with E-state index in [9.17, 15) is 10.2 Å². The molecule has 0 heterocycles. The fourth-order valence-corrected chi connectivity index (χ4v) is 1.66. The van der Waals surface area contributed by atoms with Gasteiger partial charge in [0.25, 0.3) is 0 Å². The molecule has 0 unspecified atom stereocenters. The molecular weight excluding hydrogens is 215 g/mol. The van der Waals surface area contributed by atoms with E-state index in [-0.39, 0.29) is 15.6 Å². The number of rotatable bonds is 2. The van der Waals surface area contributed by atoms with Gasteiger partial charge in [0.05, 0.1) is 15.6 Å². The van der Waals surface area contributed by atoms with Crippen LogP contribution in [0.2, 0.25) is 10.0 Å². The summed E-state index contributed by atoms with van der Waals surface area (Å²) in [7, 11) is 0. The number of hydrogen-bond acceptors (Lipinski definition) is 3. The minimum Gasteiger partial charge on any atom is -0.390 e. The first-order valence-electron chi connectivity index (χ1n) is 3.49. The molecule has 3 N–H and O–H groups in total. The van der Waals surface area contributed by atoms with Crippen molar-refractivity contribution in [3.63, 3.8) is 0 Å². The van der Waals surface area contributed by atoms with Crippen LogP contribution in [-0.2, 0) is 5.79 Å². The van der Waals surface area contributed by atoms with Crippen molar-refractivity contribution in [3.8, 4) is 0 Å². The molecule has 3 nitrogen and oxygen atoms in total. The summed E-state index contributed by atoms with van der Waals surface area (Å²) >= 11 is 11.4. The average Bonchev–Trinajstić information content (AvgIpc) is 2.03. The zero-order valence-electron chi connectivity index (χ0n) is 6.54. The van der Waals surface area contributed by atoms with Crippen molar-refractivity contribution in [1.29, 1.82) is 0 Å². The Balaban J connectivity index is 3.28. The van der Waals surface area contributed by atoms with E-state index in [1.165, 1.54) is 12.1 Å². The van der Waals surface area contributed by atoms with E-state index >= 15 is 0 Å². The molecule has 5 heteroatoms. The summed E-state index contributed by atoms with van der Waals surface area (Å²) < 4.78 is 0. The van der Waals surface area contributed by atoms with E-state index < -0.39 is 12.4 Å². The second kappa shape index (κ2) is 3.82. The highest BCUT2D eigenvalue weighted by Gasteiger charge is 2.29. The molecule has 0 aromatic heterocycles. The van der Waals surface area contributed by atoms with E-state index in [0.29, 0.717) is 0 Å². The van der Waals surface area contributed by atoms with Gasteiger partial charge in [0, 0.05) is 0 Å². The molecule has 0 aliphatic carbocycles. The lowest BCUT2D eigenvalue weighted by Gasteiger charge is -2.21. The average molecular weight is 223 g/mol. The molecule has 1 aromatic rings. The molecule has 0 aliphatic heterocycles. The van der Waals surface area contributed by atoms with E-state index in [2.05, 4.69) is 0 Å². The number of hydrogen-bond donors (Lipinski definition) is 3. The van der Waals surface area contributed by atoms with Gasteiger partial charge in [-0.25, -0.2) is 0 Å². The third-order valence-electron chi connectivity index (χ3n) is 1.58. The maximum Gasteiger partial charge on any atom is 0.216 e. The van der Waals surface area contributed by atoms with E-state index in [1.54, 1.807) is 6.07 Å². The Morgan fingerprint density at radius 2 is 1.62 bits per heavy atom. The predicted octanol–water partition coefficient (Wildman–Crippen LogP) is 1.12. The summed E-state index contributed by atoms with van der Waals surface area (Å²) in [5, 5.41) is 27.5. The van der Waals surface area contributed by atoms with Crippen LogP contribution in [0.3, 0.4) is 0 Å². The van der Waals surface area contributed by atoms with Crippen molar-refractivity contribution in [2.75, 3.05) is 6.61 Å². The van der Waals surface area contributed by atoms with Gasteiger partial charge in [-0.15, -0.1) is 0 Å². The molecule has 0 saturated heterocycles. The van der Waals surface area contributed by atoms with Crippen molar-refractivity contribution in [3.05, 3.63) is 33.8 Å². The minimum atomic E-state index is -2.39. The van der Waals surface area contributed by atoms with Gasteiger partial charge in [-0.2, -0.15) is 0 Å². The van der Waals surface area contributed by atoms with E-state index in [1.807, 2.05) is 0 Å². The zero-order valence-corrected chi connectivity index (χ0v) is 8.05. The van der Waals surface area contributed by atoms with Crippen LogP contribution in [0.4, 0.5) is 0 Å². The topological polar surface area (TPSA) is 60.7 Å². The smallest absolute Gasteiger partial charge is 0.216 e. The molecule has 13 heavy (non-hydrogen) atoms. The number of halogens is 2. The lowest BCUT2D eigenvalue weighted by Crippen LogP contribution is -2.30. The van der Waals surface area contributed by atoms with Crippen LogP contribution in [0.15, 0.2) is 18.2 Å². The SMILES string of the molecule is OCC(O)(O)c1c(Cl)cccc1Cl. The summed E-state index contributed by atoms with van der Waals surface area (Å²) in [5.41, 5.74) is -0.0826. The monoisotopic (exact) mass is 222 g/mol. The Morgan fingerprint density at radius 1 is 1.15 bits per heavy atom. The molecule has 0 amide bonds. The first-order chi connectivity index (χ1) is 5.99. The number of benzene rings is 1. The van der Waals surface area contributed by atoms with Gasteiger partial charge in [-0.05, 0) is 12.1 Å². The quantitative estimate of drug-likeness (QED) is 0.658. The van der Waals surface area contributed by atoms with Gasteiger partial charge in [0.15, 0.2) is 0 Å². The van der Waals surface area contributed by atoms with Crippen molar-refractivity contribution in [2.24, 2.45) is 0 Å². The van der Waals surface area contributed by atoms with Crippen LogP contribution in [0.25, 0.3) is 0 Å². The Morgan fingerprint density at radius 3 is 2.00 bits per heavy atom. The summed E-state index contributed by atoms with van der Waals surface area (Å²) in [6.07, 6.45) is 0. The van der Waals surface area contributed by atoms with Crippen LogP contribution in [-0.4, -0.2) is 21.9 Å². The van der Waals surface area contributed by atoms with Crippen LogP contribution in [0.5, 0.6) is 0 Å². The second-order valence-corrected chi connectivity index (χ2v) is 3.39. The van der Waals surface area contributed by atoms with Gasteiger partial charge >= 0.3 is 0 Å². The van der Waals surface area contributed by atoms with Crippen molar-refractivity contribution >= 4 is 23.2 Å². The Labute approximate surface area is 85.2 Å². The molecule has 0 fully saturated rings. The maximum atomic E-state index is 9.29. The summed E-state index contributed by atoms with van der Waals surface area (Å²) in [4.78, 5) is 0. The van der Waals surface area contributed by atoms with Gasteiger partial charge in [-0.1, -0.05) is 29.3 Å². The van der Waals surface area contributed by atoms with Crippen molar-refractivity contribution in [2.45, 2.75) is 5.79 Å². The Bertz CT molecular complexity index is 292. The van der Waals surface area contributed by atoms with Crippen molar-refractivity contribution < 1.29 is 15.3 Å². The van der Waals surface area contributed by atoms with Gasteiger partial charge < -0.3 is 15.3 Å².